The van der Waals surface area contributed by atoms with Crippen molar-refractivity contribution in [3.63, 3.8) is 0 Å². The summed E-state index contributed by atoms with van der Waals surface area (Å²) in [5.74, 6) is 16.8. The summed E-state index contributed by atoms with van der Waals surface area (Å²) in [6.07, 6.45) is 117. The summed E-state index contributed by atoms with van der Waals surface area (Å²) in [5, 5.41) is 16.9. The van der Waals surface area contributed by atoms with E-state index >= 15 is 0 Å². The van der Waals surface area contributed by atoms with Gasteiger partial charge in [-0.3, -0.25) is 4.57 Å². The van der Waals surface area contributed by atoms with Gasteiger partial charge in [0.25, 0.3) is 0 Å². The lowest BCUT2D eigenvalue weighted by molar-refractivity contribution is -0.191. The van der Waals surface area contributed by atoms with Crippen LogP contribution < -0.4 is 5.73 Å². The van der Waals surface area contributed by atoms with Crippen LogP contribution in [0.4, 0.5) is 0 Å². The van der Waals surface area contributed by atoms with Gasteiger partial charge in [-0.2, -0.15) is 14.9 Å². The number of aliphatic hydroxyl groups is 1. The lowest BCUT2D eigenvalue weighted by atomic mass is 9.96. The number of carbonyl (C=O) groups is 2. The molecule has 2 aliphatic heterocycles. The van der Waals surface area contributed by atoms with E-state index in [9.17, 15) is 14.2 Å². The first kappa shape index (κ1) is 144. The molecule has 0 aromatic carbocycles. The molecule has 8 aliphatic rings. The molecule has 6 saturated carbocycles. The first-order valence-corrected chi connectivity index (χ1v) is 57.4. The van der Waals surface area contributed by atoms with Crippen LogP contribution in [0, 0.1) is 119 Å². The number of nitrogens with zero attached hydrogens (tertiary/aromatic N) is 1. The fourth-order valence-electron chi connectivity index (χ4n) is 14.1. The Morgan fingerprint density at radius 3 is 1.04 bits per heavy atom. The summed E-state index contributed by atoms with van der Waals surface area (Å²) < 4.78 is 54.6. The van der Waals surface area contributed by atoms with E-state index < -0.39 is 22.2 Å². The van der Waals surface area contributed by atoms with Crippen molar-refractivity contribution in [1.29, 1.82) is 5.26 Å². The summed E-state index contributed by atoms with van der Waals surface area (Å²) in [6.45, 7) is 29.9. The van der Waals surface area contributed by atoms with E-state index in [1.54, 1.807) is 52.4 Å². The van der Waals surface area contributed by atoms with Crippen molar-refractivity contribution >= 4 is 66.1 Å². The van der Waals surface area contributed by atoms with Crippen molar-refractivity contribution in [3.05, 3.63) is 120 Å². The molecule has 6 atom stereocenters. The highest BCUT2D eigenvalue weighted by atomic mass is 79.9. The molecule has 0 bridgehead atoms. The molecule has 0 spiro atoms. The first-order valence-electron chi connectivity index (χ1n) is 52.5. The van der Waals surface area contributed by atoms with E-state index in [1.807, 2.05) is 42.3 Å². The van der Waals surface area contributed by atoms with Gasteiger partial charge < -0.3 is 52.4 Å². The second-order valence-corrected chi connectivity index (χ2v) is 39.5. The van der Waals surface area contributed by atoms with Crippen LogP contribution >= 0.6 is 48.1 Å². The average Bonchev–Trinajstić information content (AvgIpc) is 1.79. The number of esters is 2. The molecule has 0 amide bonds. The van der Waals surface area contributed by atoms with Crippen LogP contribution in [-0.4, -0.2) is 124 Å². The third kappa shape index (κ3) is 113. The van der Waals surface area contributed by atoms with E-state index in [0.717, 1.165) is 104 Å². The van der Waals surface area contributed by atoms with E-state index in [1.165, 1.54) is 317 Å². The number of rotatable bonds is 56. The highest BCUT2D eigenvalue weighted by molar-refractivity contribution is 9.11. The molecule has 8 fully saturated rings. The van der Waals surface area contributed by atoms with Crippen molar-refractivity contribution in [2.24, 2.45) is 76.7 Å². The maximum absolute atomic E-state index is 11.8. The van der Waals surface area contributed by atoms with Crippen LogP contribution in [0.15, 0.2) is 120 Å². The predicted molar refractivity (Wildman–Crippen MR) is 589 cm³/mol. The number of unbranched alkanes of at least 4 members (excludes halogenated alkanes) is 16. The average molecular weight is 2070 g/mol. The molecule has 17 nitrogen and oxygen atoms in total. The van der Waals surface area contributed by atoms with Gasteiger partial charge in [0, 0.05) is 98.6 Å². The minimum Gasteiger partial charge on any atom is -0.463 e. The number of nitrogens with two attached hydrogens (primary N) is 1. The number of ether oxygens (including phenoxy) is 4. The Morgan fingerprint density at radius 1 is 0.478 bits per heavy atom. The van der Waals surface area contributed by atoms with Crippen LogP contribution in [0.5, 0.6) is 0 Å². The Morgan fingerprint density at radius 2 is 0.801 bits per heavy atom. The molecule has 2 heterocycles. The zero-order valence-corrected chi connectivity index (χ0v) is 94.4. The first-order chi connectivity index (χ1) is 66.3. The third-order valence-electron chi connectivity index (χ3n) is 22.7. The molecule has 2 saturated heterocycles. The predicted octanol–water partition coefficient (Wildman–Crippen LogP) is 33.0. The summed E-state index contributed by atoms with van der Waals surface area (Å²) >= 11 is 6.52. The number of nitriles is 1. The third-order valence-corrected chi connectivity index (χ3v) is 26.1. The second-order valence-electron chi connectivity index (χ2n) is 34.4. The Hall–Kier alpha value is -4.85. The van der Waals surface area contributed by atoms with Gasteiger partial charge in [-0.25, -0.2) is 9.59 Å². The molecule has 0 aromatic rings. The fourth-order valence-corrected chi connectivity index (χ4v) is 16.0. The van der Waals surface area contributed by atoms with Crippen LogP contribution in [0.3, 0.4) is 0 Å². The van der Waals surface area contributed by atoms with Crippen molar-refractivity contribution in [3.8, 4) is 43.1 Å². The minimum absolute atomic E-state index is 0.147. The van der Waals surface area contributed by atoms with Gasteiger partial charge in [0.1, 0.15) is 0 Å². The summed E-state index contributed by atoms with van der Waals surface area (Å²) in [6, 6.07) is 1.75. The number of allylic oxidation sites excluding steroid dienone is 17. The standard InChI is InChI=1S/C16H29O3P.C16H26O2.C14H23Br.C14H24O.C12H22.C11H18.C8H14.C5H6O2.C4H7Br.2C4H8O.C3H9O3P.C2H3N.CH5N.CO2/c1-4-5-7-10-15(16-12-13-16)11-8-6-9-14-20(17,18-2)19-3;1-3-5-6-9-14(15-12-13-15)10-7-8-11-16(17)18-4-2;2*1-2-3-5-8-13(14-10-11-14)9-6-4-7-12-15;1-3-5-6-8-11(7-4-2)12-9-10-12;1-3-5-6-7-10(4-2)11-8-9-11;1-3-5-7-8-6-4-2;1-3-5(6)7-4-2;1-2-3-4-5;2*1-2-4-5-3-1;1-4-7(5-2)6-3;1-2-3;1-2;2-1-3/h6,8-9,11,15-16H,4-5,7,10,12-14H2,1-3H3;7-8,10-11,14-15H,3-6,9,12-13H2,1-2H3;4,6-7,9,13-14H,2-3,5,8,10-12H2,1H3;4,6-7,9,13-15H,2-3,5,8,10-12H2,1H3;4,7,11-12H,3,5-6,8-10H2,1-2H3;2,10-11H,3,5-9H2,1H3;1H,4-8H2,2H3;1H,4H2,2H3;3-4H,2H2,1H3;2*1-4H2;1-3H3;1H3;2H2,1H3;/b9-6-,11-8+;10-7+,11-8-;2*7-4-,9-6+;7-4+;;;;4-3-;;;;;;. The van der Waals surface area contributed by atoms with Gasteiger partial charge in [-0.1, -0.05) is 331 Å². The van der Waals surface area contributed by atoms with Crippen molar-refractivity contribution in [2.45, 2.75) is 378 Å². The quantitative estimate of drug-likeness (QED) is 0.00662. The van der Waals surface area contributed by atoms with Gasteiger partial charge in [-0.05, 0) is 252 Å². The van der Waals surface area contributed by atoms with E-state index in [-0.39, 0.29) is 18.7 Å². The van der Waals surface area contributed by atoms with Crippen LogP contribution in [-0.2, 0) is 65.3 Å². The number of hydrogen-bond acceptors (Lipinski definition) is 17. The Bertz CT molecular complexity index is 3040. The normalized spacial score (nSPS) is 16.2. The van der Waals surface area contributed by atoms with Gasteiger partial charge in [0.15, 0.2) is 0 Å². The molecule has 3 N–H and O–H groups in total. The smallest absolute Gasteiger partial charge is 0.384 e. The minimum atomic E-state index is -2.89. The van der Waals surface area contributed by atoms with Gasteiger partial charge in [0.2, 0.25) is 0 Å². The molecule has 0 radical (unpaired) electrons. The highest BCUT2D eigenvalue weighted by Gasteiger charge is 2.33. The molecule has 6 aliphatic carbocycles. The molecular formula is C115H202Br2N2O15P2. The molecular weight excluding hydrogens is 1870 g/mol. The summed E-state index contributed by atoms with van der Waals surface area (Å²) in [7, 11) is 5.02. The molecule has 8 rings (SSSR count). The van der Waals surface area contributed by atoms with Gasteiger partial charge in [0.05, 0.1) is 32.1 Å². The van der Waals surface area contributed by atoms with E-state index in [4.69, 9.17) is 56.1 Å². The van der Waals surface area contributed by atoms with E-state index in [2.05, 4.69) is 203 Å². The van der Waals surface area contributed by atoms with Gasteiger partial charge >= 0.3 is 34.3 Å². The van der Waals surface area contributed by atoms with Crippen molar-refractivity contribution in [2.75, 3.05) is 100 Å². The fraction of sp³-hybridized carbons (Fsp3) is 0.739. The lowest BCUT2D eigenvalue weighted by Crippen LogP contribution is -1.99. The number of terminal acetylenes is 3. The Kier molecular flexibility index (Phi) is 126. The maximum Gasteiger partial charge on any atom is 0.384 e. The van der Waals surface area contributed by atoms with Crippen molar-refractivity contribution < 1.29 is 70.4 Å². The molecule has 0 aromatic heterocycles. The number of halogens is 2. The Labute approximate surface area is 855 Å². The second kappa shape index (κ2) is 119. The zero-order chi connectivity index (χ0) is 103. The number of carbonyl (C=O) groups excluding carboxylic acids is 4. The Balaban J connectivity index is -0.000000271. The van der Waals surface area contributed by atoms with Gasteiger partial charge in [-0.15, -0.1) is 31.1 Å². The van der Waals surface area contributed by atoms with Crippen LogP contribution in [0.2, 0.25) is 0 Å². The van der Waals surface area contributed by atoms with Crippen molar-refractivity contribution in [1.82, 2.24) is 0 Å². The highest BCUT2D eigenvalue weighted by Crippen LogP contribution is 2.47. The number of alkyl halides is 1. The van der Waals surface area contributed by atoms with E-state index in [0.29, 0.717) is 31.2 Å². The molecule has 21 heteroatoms. The molecule has 6 unspecified atom stereocenters. The SMILES string of the molecule is C#CC(=O)OCC.C#CC(CCCCC)C1CC1.C#CCCCCCC.C/C=C/C(CCCCC)C1CC1.C1CCOC1.C1CCOC1.CC#N.CC/C=C\Br.CCCCCC(/C=C/C=C\C(=O)OCC)C1CC1.CCCCCC(/C=C/C=C\CBr)C1CC1.CCCCCC(/C=C/C=C\CO)C1CC1.CCCCCC(/C=C/C=C\CP(=O)(OC)OC)C1CC1.CN.COP(OC)OC.O=C=O. The monoisotopic (exact) mass is 2070 g/mol. The largest absolute Gasteiger partial charge is 0.463 e. The summed E-state index contributed by atoms with van der Waals surface area (Å²) in [5.41, 5.74) is 4.50. The summed E-state index contributed by atoms with van der Waals surface area (Å²) in [4.78, 5) is 39.2. The maximum atomic E-state index is 11.8. The van der Waals surface area contributed by atoms with Crippen LogP contribution in [0.1, 0.15) is 378 Å². The molecule has 786 valence electrons. The number of hydrogen-bond donors (Lipinski definition) is 2. The lowest BCUT2D eigenvalue weighted by Gasteiger charge is -2.11. The van der Waals surface area contributed by atoms with Crippen LogP contribution in [0.25, 0.3) is 0 Å². The topological polar surface area (TPSA) is 238 Å². The number of aliphatic hydroxyl groups excluding tert-OH is 1. The molecule has 136 heavy (non-hydrogen) atoms. The zero-order valence-electron chi connectivity index (χ0n) is 89.4.